The first-order valence-corrected chi connectivity index (χ1v) is 12.4. The summed E-state index contributed by atoms with van der Waals surface area (Å²) in [6.45, 7) is 2.41. The van der Waals surface area contributed by atoms with Crippen LogP contribution in [0.25, 0.3) is 16.7 Å². The number of fused-ring (bicyclic) bond motifs is 1. The van der Waals surface area contributed by atoms with Crippen molar-refractivity contribution < 1.29 is 5.11 Å². The maximum absolute atomic E-state index is 9.78. The van der Waals surface area contributed by atoms with E-state index < -0.39 is 0 Å². The molecule has 3 heterocycles. The SMILES string of the molecule is CSc1ccccc1CNc1nc(N)nc2ccn(-c3ccc(N4CCC(O)CC4)cc3)c12. The van der Waals surface area contributed by atoms with Crippen molar-refractivity contribution >= 4 is 40.2 Å². The molecule has 0 unspecified atom stereocenters. The van der Waals surface area contributed by atoms with Gasteiger partial charge in [0.2, 0.25) is 5.95 Å². The third-order valence-corrected chi connectivity index (χ3v) is 6.99. The Balaban J connectivity index is 1.44. The zero-order chi connectivity index (χ0) is 22.8. The maximum Gasteiger partial charge on any atom is 0.222 e. The molecule has 0 aliphatic carbocycles. The minimum absolute atomic E-state index is 0.173. The van der Waals surface area contributed by atoms with Crippen LogP contribution in [0.4, 0.5) is 17.5 Å². The lowest BCUT2D eigenvalue weighted by Gasteiger charge is -2.31. The maximum atomic E-state index is 9.78. The van der Waals surface area contributed by atoms with E-state index in [-0.39, 0.29) is 12.1 Å². The van der Waals surface area contributed by atoms with E-state index in [9.17, 15) is 5.11 Å². The van der Waals surface area contributed by atoms with Gasteiger partial charge in [0, 0.05) is 42.1 Å². The molecule has 0 amide bonds. The lowest BCUT2D eigenvalue weighted by Crippen LogP contribution is -2.35. The number of aliphatic hydroxyl groups excluding tert-OH is 1. The first kappa shape index (κ1) is 21.6. The molecule has 1 aliphatic heterocycles. The lowest BCUT2D eigenvalue weighted by molar-refractivity contribution is 0.145. The van der Waals surface area contributed by atoms with E-state index in [0.717, 1.165) is 42.7 Å². The number of aliphatic hydroxyl groups is 1. The third kappa shape index (κ3) is 4.49. The molecule has 33 heavy (non-hydrogen) atoms. The van der Waals surface area contributed by atoms with E-state index in [2.05, 4.69) is 73.5 Å². The van der Waals surface area contributed by atoms with Crippen molar-refractivity contribution in [2.75, 3.05) is 35.3 Å². The average Bonchev–Trinajstić information content (AvgIpc) is 3.27. The molecule has 8 heteroatoms. The number of nitrogens with zero attached hydrogens (tertiary/aromatic N) is 4. The summed E-state index contributed by atoms with van der Waals surface area (Å²) in [5.41, 5.74) is 11.1. The molecular formula is C25H28N6OS. The van der Waals surface area contributed by atoms with Gasteiger partial charge in [-0.25, -0.2) is 4.98 Å². The number of nitrogen functional groups attached to an aromatic ring is 1. The van der Waals surface area contributed by atoms with Gasteiger partial charge in [0.05, 0.1) is 11.6 Å². The Labute approximate surface area is 197 Å². The fourth-order valence-electron chi connectivity index (χ4n) is 4.38. The second kappa shape index (κ2) is 9.33. The summed E-state index contributed by atoms with van der Waals surface area (Å²) in [5, 5.41) is 13.3. The van der Waals surface area contributed by atoms with Crippen molar-refractivity contribution in [3.63, 3.8) is 0 Å². The van der Waals surface area contributed by atoms with Crippen LogP contribution in [0.1, 0.15) is 18.4 Å². The fraction of sp³-hybridized carbons (Fsp3) is 0.280. The number of aromatic nitrogens is 3. The number of rotatable bonds is 6. The molecule has 170 valence electrons. The molecule has 1 aliphatic rings. The van der Waals surface area contributed by atoms with Gasteiger partial charge in [-0.05, 0) is 61.1 Å². The molecule has 0 saturated carbocycles. The van der Waals surface area contributed by atoms with Crippen LogP contribution in [0.3, 0.4) is 0 Å². The van der Waals surface area contributed by atoms with Crippen LogP contribution in [0.2, 0.25) is 0 Å². The third-order valence-electron chi connectivity index (χ3n) is 6.15. The minimum Gasteiger partial charge on any atom is -0.393 e. The second-order valence-electron chi connectivity index (χ2n) is 8.25. The highest BCUT2D eigenvalue weighted by Gasteiger charge is 2.18. The highest BCUT2D eigenvalue weighted by atomic mass is 32.2. The van der Waals surface area contributed by atoms with Gasteiger partial charge in [0.1, 0.15) is 5.52 Å². The monoisotopic (exact) mass is 460 g/mol. The van der Waals surface area contributed by atoms with Crippen molar-refractivity contribution in [3.8, 4) is 5.69 Å². The number of hydrogen-bond acceptors (Lipinski definition) is 7. The molecule has 4 N–H and O–H groups in total. The van der Waals surface area contributed by atoms with Gasteiger partial charge in [-0.2, -0.15) is 4.98 Å². The van der Waals surface area contributed by atoms with Gasteiger partial charge >= 0.3 is 0 Å². The molecular weight excluding hydrogens is 432 g/mol. The van der Waals surface area contributed by atoms with Crippen molar-refractivity contribution in [2.45, 2.75) is 30.4 Å². The summed E-state index contributed by atoms with van der Waals surface area (Å²) in [7, 11) is 0. The van der Waals surface area contributed by atoms with E-state index in [0.29, 0.717) is 12.4 Å². The average molecular weight is 461 g/mol. The van der Waals surface area contributed by atoms with E-state index in [1.807, 2.05) is 18.3 Å². The molecule has 4 aromatic rings. The largest absolute Gasteiger partial charge is 0.393 e. The van der Waals surface area contributed by atoms with Crippen LogP contribution in [-0.2, 0) is 6.54 Å². The molecule has 5 rings (SSSR count). The predicted molar refractivity (Wildman–Crippen MR) is 136 cm³/mol. The second-order valence-corrected chi connectivity index (χ2v) is 9.10. The number of benzene rings is 2. The Bertz CT molecular complexity index is 1250. The summed E-state index contributed by atoms with van der Waals surface area (Å²) >= 11 is 1.73. The molecule has 7 nitrogen and oxygen atoms in total. The highest BCUT2D eigenvalue weighted by Crippen LogP contribution is 2.29. The number of piperidine rings is 1. The number of nitrogens with two attached hydrogens (primary N) is 1. The Kier molecular flexibility index (Phi) is 6.11. The predicted octanol–water partition coefficient (Wildman–Crippen LogP) is 4.30. The molecule has 0 spiro atoms. The number of thioether (sulfide) groups is 1. The van der Waals surface area contributed by atoms with E-state index in [1.54, 1.807) is 11.8 Å². The molecule has 1 fully saturated rings. The van der Waals surface area contributed by atoms with Crippen LogP contribution < -0.4 is 16.0 Å². The van der Waals surface area contributed by atoms with Crippen LogP contribution in [0.15, 0.2) is 65.7 Å². The zero-order valence-corrected chi connectivity index (χ0v) is 19.4. The summed E-state index contributed by atoms with van der Waals surface area (Å²) in [6.07, 6.45) is 5.55. The lowest BCUT2D eigenvalue weighted by atomic mass is 10.1. The normalized spacial score (nSPS) is 14.7. The van der Waals surface area contributed by atoms with Crippen LogP contribution in [0, 0.1) is 0 Å². The van der Waals surface area contributed by atoms with Gasteiger partial charge in [0.15, 0.2) is 5.82 Å². The standard InChI is InChI=1S/C25H28N6OS/c1-33-22-5-3-2-4-17(22)16-27-24-23-21(28-25(26)29-24)12-15-31(23)19-8-6-18(7-9-19)30-13-10-20(32)11-14-30/h2-9,12,15,20,32H,10-11,13-14,16H2,1H3,(H3,26,27,28,29). The fourth-order valence-corrected chi connectivity index (χ4v) is 5.00. The van der Waals surface area contributed by atoms with Crippen LogP contribution in [-0.4, -0.2) is 45.1 Å². The van der Waals surface area contributed by atoms with E-state index in [1.165, 1.54) is 16.1 Å². The summed E-state index contributed by atoms with van der Waals surface area (Å²) in [4.78, 5) is 12.5. The summed E-state index contributed by atoms with van der Waals surface area (Å²) in [6, 6.07) is 18.8. The quantitative estimate of drug-likeness (QED) is 0.370. The van der Waals surface area contributed by atoms with Crippen molar-refractivity contribution in [3.05, 3.63) is 66.4 Å². The zero-order valence-electron chi connectivity index (χ0n) is 18.6. The smallest absolute Gasteiger partial charge is 0.222 e. The molecule has 1 saturated heterocycles. The molecule has 0 bridgehead atoms. The van der Waals surface area contributed by atoms with E-state index >= 15 is 0 Å². The first-order chi connectivity index (χ1) is 16.1. The molecule has 0 atom stereocenters. The molecule has 0 radical (unpaired) electrons. The first-order valence-electron chi connectivity index (χ1n) is 11.2. The van der Waals surface area contributed by atoms with Crippen molar-refractivity contribution in [2.24, 2.45) is 0 Å². The summed E-state index contributed by atoms with van der Waals surface area (Å²) in [5.74, 6) is 0.969. The van der Waals surface area contributed by atoms with Crippen LogP contribution >= 0.6 is 11.8 Å². The van der Waals surface area contributed by atoms with Gasteiger partial charge in [-0.3, -0.25) is 0 Å². The van der Waals surface area contributed by atoms with Gasteiger partial charge < -0.3 is 25.6 Å². The summed E-state index contributed by atoms with van der Waals surface area (Å²) < 4.78 is 2.10. The van der Waals surface area contributed by atoms with Gasteiger partial charge in [-0.15, -0.1) is 11.8 Å². The van der Waals surface area contributed by atoms with Gasteiger partial charge in [0.25, 0.3) is 0 Å². The Morgan fingerprint density at radius 2 is 1.76 bits per heavy atom. The molecule has 2 aromatic carbocycles. The molecule has 2 aromatic heterocycles. The Morgan fingerprint density at radius 1 is 1.03 bits per heavy atom. The topological polar surface area (TPSA) is 92.2 Å². The van der Waals surface area contributed by atoms with Crippen LogP contribution in [0.5, 0.6) is 0 Å². The van der Waals surface area contributed by atoms with Crippen molar-refractivity contribution in [1.29, 1.82) is 0 Å². The van der Waals surface area contributed by atoms with Crippen molar-refractivity contribution in [1.82, 2.24) is 14.5 Å². The Hall–Kier alpha value is -3.23. The van der Waals surface area contributed by atoms with Gasteiger partial charge in [-0.1, -0.05) is 18.2 Å². The highest BCUT2D eigenvalue weighted by molar-refractivity contribution is 7.98. The number of hydrogen-bond donors (Lipinski definition) is 3. The number of anilines is 3. The Morgan fingerprint density at radius 3 is 2.52 bits per heavy atom. The van der Waals surface area contributed by atoms with E-state index in [4.69, 9.17) is 5.73 Å². The minimum atomic E-state index is -0.173. The number of nitrogens with one attached hydrogen (secondary N) is 1.